The van der Waals surface area contributed by atoms with Crippen molar-refractivity contribution in [1.82, 2.24) is 0 Å². The van der Waals surface area contributed by atoms with Crippen molar-refractivity contribution >= 4 is 23.1 Å². The van der Waals surface area contributed by atoms with Gasteiger partial charge in [0, 0.05) is 0 Å². The Balaban J connectivity index is 2.44. The zero-order chi connectivity index (χ0) is 11.8. The van der Waals surface area contributed by atoms with E-state index in [0.717, 1.165) is 5.56 Å². The van der Waals surface area contributed by atoms with E-state index in [1.54, 1.807) is 6.26 Å². The van der Waals surface area contributed by atoms with Crippen molar-refractivity contribution in [1.29, 1.82) is 0 Å². The fourth-order valence-corrected chi connectivity index (χ4v) is 1.33. The molecule has 1 amide bonds. The lowest BCUT2D eigenvalue weighted by molar-refractivity contribution is 0.150. The largest absolute Gasteiger partial charge is 0.476 e. The van der Waals surface area contributed by atoms with Gasteiger partial charge in [-0.1, -0.05) is 42.1 Å². The van der Waals surface area contributed by atoms with Crippen LogP contribution in [0.25, 0.3) is 0 Å². The van der Waals surface area contributed by atoms with Gasteiger partial charge in [-0.3, -0.25) is 0 Å². The molecule has 1 rings (SSSR count). The van der Waals surface area contributed by atoms with Crippen LogP contribution in [0.15, 0.2) is 35.3 Å². The van der Waals surface area contributed by atoms with Crippen molar-refractivity contribution in [2.24, 2.45) is 4.99 Å². The maximum Gasteiger partial charge on any atom is 0.437 e. The lowest BCUT2D eigenvalue weighted by Gasteiger charge is -2.02. The zero-order valence-electron chi connectivity index (χ0n) is 9.17. The van der Waals surface area contributed by atoms with Gasteiger partial charge in [0.15, 0.2) is 0 Å². The lowest BCUT2D eigenvalue weighted by atomic mass is 10.2. The Labute approximate surface area is 98.7 Å². The highest BCUT2D eigenvalue weighted by atomic mass is 32.2. The second kappa shape index (κ2) is 6.90. The number of rotatable bonds is 2. The molecule has 0 unspecified atom stereocenters. The maximum atomic E-state index is 11.2. The van der Waals surface area contributed by atoms with E-state index < -0.39 is 6.09 Å². The highest BCUT2D eigenvalue weighted by molar-refractivity contribution is 8.12. The number of carbonyl (C=O) groups excluding carboxylic acids is 1. The number of amides is 1. The molecule has 1 aromatic carbocycles. The van der Waals surface area contributed by atoms with Gasteiger partial charge < -0.3 is 9.47 Å². The molecule has 5 heteroatoms. The molecule has 0 aliphatic carbocycles. The standard InChI is InChI=1S/C11H13NO3S/c1-14-11(16-2)12-10(13)15-8-9-6-4-3-5-7-9/h3-7H,8H2,1-2H3/b12-11-. The van der Waals surface area contributed by atoms with Crippen molar-refractivity contribution in [3.8, 4) is 0 Å². The summed E-state index contributed by atoms with van der Waals surface area (Å²) in [5, 5.41) is 0.290. The number of methoxy groups -OCH3 is 1. The minimum Gasteiger partial charge on any atom is -0.476 e. The smallest absolute Gasteiger partial charge is 0.437 e. The molecule has 0 fully saturated rings. The summed E-state index contributed by atoms with van der Waals surface area (Å²) in [7, 11) is 1.46. The fraction of sp³-hybridized carbons (Fsp3) is 0.273. The third-order valence-electron chi connectivity index (χ3n) is 1.74. The second-order valence-electron chi connectivity index (χ2n) is 2.83. The number of benzene rings is 1. The molecule has 0 aliphatic heterocycles. The van der Waals surface area contributed by atoms with Crippen LogP contribution >= 0.6 is 11.8 Å². The summed E-state index contributed by atoms with van der Waals surface area (Å²) in [5.41, 5.74) is 0.925. The molecule has 0 radical (unpaired) electrons. The van der Waals surface area contributed by atoms with Crippen LogP contribution in [0.2, 0.25) is 0 Å². The third kappa shape index (κ3) is 4.35. The molecule has 4 nitrogen and oxygen atoms in total. The summed E-state index contributed by atoms with van der Waals surface area (Å²) < 4.78 is 9.78. The van der Waals surface area contributed by atoms with Crippen LogP contribution in [0.5, 0.6) is 0 Å². The molecule has 0 N–H and O–H groups in total. The first-order valence-corrected chi connectivity index (χ1v) is 5.86. The van der Waals surface area contributed by atoms with Crippen molar-refractivity contribution < 1.29 is 14.3 Å². The Kier molecular flexibility index (Phi) is 5.42. The first-order valence-electron chi connectivity index (χ1n) is 4.63. The monoisotopic (exact) mass is 239 g/mol. The molecule has 86 valence electrons. The highest BCUT2D eigenvalue weighted by Gasteiger charge is 2.04. The highest BCUT2D eigenvalue weighted by Crippen LogP contribution is 2.04. The number of aliphatic imine (C=N–C) groups is 1. The normalized spacial score (nSPS) is 11.0. The summed E-state index contributed by atoms with van der Waals surface area (Å²) in [6, 6.07) is 9.43. The van der Waals surface area contributed by atoms with Gasteiger partial charge in [-0.2, -0.15) is 0 Å². The summed E-state index contributed by atoms with van der Waals surface area (Å²) in [6.07, 6.45) is 1.13. The number of hydrogen-bond acceptors (Lipinski definition) is 4. The topological polar surface area (TPSA) is 47.9 Å². The lowest BCUT2D eigenvalue weighted by Crippen LogP contribution is -2.04. The number of thioether (sulfide) groups is 1. The van der Waals surface area contributed by atoms with E-state index in [-0.39, 0.29) is 11.8 Å². The number of nitrogens with zero attached hydrogens (tertiary/aromatic N) is 1. The predicted octanol–water partition coefficient (Wildman–Crippen LogP) is 2.69. The van der Waals surface area contributed by atoms with Crippen LogP contribution in [0.3, 0.4) is 0 Å². The van der Waals surface area contributed by atoms with Gasteiger partial charge in [0.1, 0.15) is 6.61 Å². The molecule has 0 spiro atoms. The molecular formula is C11H13NO3S. The minimum atomic E-state index is -0.643. The molecule has 0 heterocycles. The van der Waals surface area contributed by atoms with Crippen LogP contribution in [0.4, 0.5) is 4.79 Å². The number of carbonyl (C=O) groups is 1. The van der Waals surface area contributed by atoms with Gasteiger partial charge in [0.05, 0.1) is 7.11 Å². The van der Waals surface area contributed by atoms with Gasteiger partial charge in [0.25, 0.3) is 5.23 Å². The first-order chi connectivity index (χ1) is 7.76. The van der Waals surface area contributed by atoms with E-state index in [1.165, 1.54) is 18.9 Å². The SMILES string of the molecule is CO/C(=N/C(=O)OCc1ccccc1)SC. The van der Waals surface area contributed by atoms with E-state index in [4.69, 9.17) is 9.47 Å². The summed E-state index contributed by atoms with van der Waals surface area (Å²) in [6.45, 7) is 0.217. The van der Waals surface area contributed by atoms with Crippen molar-refractivity contribution in [2.75, 3.05) is 13.4 Å². The average molecular weight is 239 g/mol. The van der Waals surface area contributed by atoms with Crippen LogP contribution in [0, 0.1) is 0 Å². The number of hydrogen-bond donors (Lipinski definition) is 0. The molecule has 0 aliphatic rings. The first kappa shape index (κ1) is 12.6. The van der Waals surface area contributed by atoms with Crippen molar-refractivity contribution in [3.05, 3.63) is 35.9 Å². The fourth-order valence-electron chi connectivity index (χ4n) is 1.00. The van der Waals surface area contributed by atoms with E-state index >= 15 is 0 Å². The maximum absolute atomic E-state index is 11.2. The van der Waals surface area contributed by atoms with E-state index in [2.05, 4.69) is 4.99 Å². The van der Waals surface area contributed by atoms with Crippen LogP contribution in [-0.4, -0.2) is 24.7 Å². The summed E-state index contributed by atoms with van der Waals surface area (Å²) in [5.74, 6) is 0. The van der Waals surface area contributed by atoms with Crippen LogP contribution in [0.1, 0.15) is 5.56 Å². The second-order valence-corrected chi connectivity index (χ2v) is 3.58. The van der Waals surface area contributed by atoms with Crippen molar-refractivity contribution in [3.63, 3.8) is 0 Å². The minimum absolute atomic E-state index is 0.217. The summed E-state index contributed by atoms with van der Waals surface area (Å²) >= 11 is 1.25. The van der Waals surface area contributed by atoms with Gasteiger partial charge in [-0.15, -0.1) is 4.99 Å². The predicted molar refractivity (Wildman–Crippen MR) is 64.6 cm³/mol. The van der Waals surface area contributed by atoms with E-state index in [0.29, 0.717) is 0 Å². The molecule has 0 saturated heterocycles. The Bertz CT molecular complexity index is 359. The number of ether oxygens (including phenoxy) is 2. The van der Waals surface area contributed by atoms with E-state index in [1.807, 2.05) is 30.3 Å². The zero-order valence-corrected chi connectivity index (χ0v) is 9.99. The Hall–Kier alpha value is -1.49. The Morgan fingerprint density at radius 1 is 1.38 bits per heavy atom. The van der Waals surface area contributed by atoms with Crippen LogP contribution in [-0.2, 0) is 16.1 Å². The third-order valence-corrected chi connectivity index (χ3v) is 2.34. The molecule has 0 aromatic heterocycles. The van der Waals surface area contributed by atoms with Gasteiger partial charge in [-0.05, 0) is 11.8 Å². The molecular weight excluding hydrogens is 226 g/mol. The summed E-state index contributed by atoms with van der Waals surface area (Å²) in [4.78, 5) is 14.9. The molecule has 0 atom stereocenters. The van der Waals surface area contributed by atoms with Gasteiger partial charge >= 0.3 is 6.09 Å². The van der Waals surface area contributed by atoms with Crippen LogP contribution < -0.4 is 0 Å². The molecule has 16 heavy (non-hydrogen) atoms. The molecule has 0 bridgehead atoms. The van der Waals surface area contributed by atoms with E-state index in [9.17, 15) is 4.79 Å². The van der Waals surface area contributed by atoms with Gasteiger partial charge in [0.2, 0.25) is 0 Å². The quantitative estimate of drug-likeness (QED) is 0.588. The van der Waals surface area contributed by atoms with Gasteiger partial charge in [-0.25, -0.2) is 4.79 Å². The average Bonchev–Trinajstić information content (AvgIpc) is 2.34. The van der Waals surface area contributed by atoms with Crippen molar-refractivity contribution in [2.45, 2.75) is 6.61 Å². The molecule has 0 saturated carbocycles. The Morgan fingerprint density at radius 3 is 2.62 bits per heavy atom. The molecule has 1 aromatic rings. The Morgan fingerprint density at radius 2 is 2.06 bits per heavy atom.